The van der Waals surface area contributed by atoms with Crippen molar-refractivity contribution in [3.63, 3.8) is 0 Å². The lowest BCUT2D eigenvalue weighted by molar-refractivity contribution is 0.0952. The average molecular weight is 516 g/mol. The predicted molar refractivity (Wildman–Crippen MR) is 151 cm³/mol. The molecule has 0 aliphatic carbocycles. The second-order valence-electron chi connectivity index (χ2n) is 10.2. The highest BCUT2D eigenvalue weighted by molar-refractivity contribution is 5.94. The van der Waals surface area contributed by atoms with Crippen LogP contribution in [0.5, 0.6) is 17.2 Å². The van der Waals surface area contributed by atoms with Gasteiger partial charge in [-0.25, -0.2) is 4.98 Å². The van der Waals surface area contributed by atoms with E-state index in [1.165, 1.54) is 5.56 Å². The van der Waals surface area contributed by atoms with Gasteiger partial charge in [0.2, 0.25) is 0 Å². The number of amides is 1. The number of ether oxygens (including phenoxy) is 3. The number of para-hydroxylation sites is 2. The summed E-state index contributed by atoms with van der Waals surface area (Å²) in [6, 6.07) is 21.6. The number of benzene rings is 3. The molecule has 0 saturated carbocycles. The molecule has 1 heterocycles. The van der Waals surface area contributed by atoms with Crippen molar-refractivity contribution >= 4 is 16.9 Å². The molecule has 3 aromatic carbocycles. The third-order valence-electron chi connectivity index (χ3n) is 6.55. The molecule has 0 radical (unpaired) electrons. The molecule has 0 atom stereocenters. The molecular weight excluding hydrogens is 478 g/mol. The van der Waals surface area contributed by atoms with Crippen molar-refractivity contribution in [2.24, 2.45) is 0 Å². The van der Waals surface area contributed by atoms with Gasteiger partial charge in [0.1, 0.15) is 18.2 Å². The summed E-state index contributed by atoms with van der Waals surface area (Å²) >= 11 is 0. The summed E-state index contributed by atoms with van der Waals surface area (Å²) in [6.45, 7) is 8.38. The number of aromatic nitrogens is 2. The lowest BCUT2D eigenvalue weighted by Gasteiger charge is -2.19. The van der Waals surface area contributed by atoms with Gasteiger partial charge in [0.15, 0.2) is 11.5 Å². The van der Waals surface area contributed by atoms with E-state index in [-0.39, 0.29) is 11.3 Å². The summed E-state index contributed by atoms with van der Waals surface area (Å²) in [4.78, 5) is 17.5. The second-order valence-corrected chi connectivity index (χ2v) is 10.2. The van der Waals surface area contributed by atoms with Crippen LogP contribution < -0.4 is 19.5 Å². The van der Waals surface area contributed by atoms with E-state index in [4.69, 9.17) is 19.2 Å². The van der Waals surface area contributed by atoms with Crippen LogP contribution in [0.15, 0.2) is 66.7 Å². The quantitative estimate of drug-likeness (QED) is 0.256. The standard InChI is InChI=1S/C31H37N3O4/c1-31(2,3)23-13-15-24(16-14-23)38-20-19-34-26-10-7-6-9-25(26)33-29(34)11-8-18-32-30(35)22-12-17-27(36-4)28(21-22)37-5/h6-7,9-10,12-17,21H,8,11,18-20H2,1-5H3,(H,32,35). The topological polar surface area (TPSA) is 74.6 Å². The molecule has 1 amide bonds. The molecule has 4 rings (SSSR count). The number of fused-ring (bicyclic) bond motifs is 1. The molecule has 200 valence electrons. The lowest BCUT2D eigenvalue weighted by Crippen LogP contribution is -2.25. The van der Waals surface area contributed by atoms with Crippen LogP contribution in [0.25, 0.3) is 11.0 Å². The summed E-state index contributed by atoms with van der Waals surface area (Å²) in [5.74, 6) is 2.82. The second kappa shape index (κ2) is 12.0. The molecule has 0 bridgehead atoms. The minimum absolute atomic E-state index is 0.115. The largest absolute Gasteiger partial charge is 0.493 e. The van der Waals surface area contributed by atoms with E-state index in [0.717, 1.165) is 35.4 Å². The molecular formula is C31H37N3O4. The first-order valence-electron chi connectivity index (χ1n) is 13.0. The monoisotopic (exact) mass is 515 g/mol. The fourth-order valence-electron chi connectivity index (χ4n) is 4.40. The van der Waals surface area contributed by atoms with Gasteiger partial charge >= 0.3 is 0 Å². The highest BCUT2D eigenvalue weighted by atomic mass is 16.5. The predicted octanol–water partition coefficient (Wildman–Crippen LogP) is 5.79. The minimum atomic E-state index is -0.148. The van der Waals surface area contributed by atoms with Crippen LogP contribution in [-0.4, -0.2) is 42.8 Å². The maximum atomic E-state index is 12.6. The number of nitrogens with one attached hydrogen (secondary N) is 1. The van der Waals surface area contributed by atoms with E-state index in [1.54, 1.807) is 32.4 Å². The summed E-state index contributed by atoms with van der Waals surface area (Å²) < 4.78 is 18.8. The number of nitrogens with zero attached hydrogens (tertiary/aromatic N) is 2. The Hall–Kier alpha value is -4.00. The van der Waals surface area contributed by atoms with Gasteiger partial charge in [0, 0.05) is 18.5 Å². The summed E-state index contributed by atoms with van der Waals surface area (Å²) in [7, 11) is 3.13. The number of hydrogen-bond acceptors (Lipinski definition) is 5. The van der Waals surface area contributed by atoms with E-state index in [2.05, 4.69) is 48.9 Å². The Labute approximate surface area is 224 Å². The van der Waals surface area contributed by atoms with Crippen LogP contribution in [0.2, 0.25) is 0 Å². The highest BCUT2D eigenvalue weighted by Gasteiger charge is 2.14. The Bertz CT molecular complexity index is 1370. The zero-order valence-electron chi connectivity index (χ0n) is 22.9. The number of carbonyl (C=O) groups is 1. The molecule has 0 spiro atoms. The molecule has 0 unspecified atom stereocenters. The van der Waals surface area contributed by atoms with Gasteiger partial charge in [-0.1, -0.05) is 45.0 Å². The molecule has 7 heteroatoms. The molecule has 0 aliphatic heterocycles. The Morgan fingerprint density at radius 2 is 1.68 bits per heavy atom. The number of methoxy groups -OCH3 is 2. The highest BCUT2D eigenvalue weighted by Crippen LogP contribution is 2.27. The Balaban J connectivity index is 1.35. The van der Waals surface area contributed by atoms with Crippen LogP contribution in [0, 0.1) is 0 Å². The number of imidazole rings is 1. The van der Waals surface area contributed by atoms with Crippen LogP contribution in [0.4, 0.5) is 0 Å². The molecule has 38 heavy (non-hydrogen) atoms. The molecule has 1 N–H and O–H groups in total. The van der Waals surface area contributed by atoms with Crippen molar-refractivity contribution in [3.05, 3.63) is 83.7 Å². The first kappa shape index (κ1) is 27.0. The van der Waals surface area contributed by atoms with Gasteiger partial charge in [-0.2, -0.15) is 0 Å². The Morgan fingerprint density at radius 3 is 2.39 bits per heavy atom. The van der Waals surface area contributed by atoms with Gasteiger partial charge in [-0.3, -0.25) is 4.79 Å². The number of rotatable bonds is 11. The van der Waals surface area contributed by atoms with Gasteiger partial charge in [0.25, 0.3) is 5.91 Å². The number of hydrogen-bond donors (Lipinski definition) is 1. The van der Waals surface area contributed by atoms with Crippen molar-refractivity contribution in [2.45, 2.75) is 45.6 Å². The third-order valence-corrected chi connectivity index (χ3v) is 6.55. The Kier molecular flexibility index (Phi) is 8.56. The fraction of sp³-hybridized carbons (Fsp3) is 0.355. The van der Waals surface area contributed by atoms with Gasteiger partial charge in [-0.15, -0.1) is 0 Å². The van der Waals surface area contributed by atoms with Gasteiger partial charge in [-0.05, 0) is 59.9 Å². The molecule has 7 nitrogen and oxygen atoms in total. The average Bonchev–Trinajstić information content (AvgIpc) is 3.27. The number of carbonyl (C=O) groups excluding carboxylic acids is 1. The van der Waals surface area contributed by atoms with Crippen LogP contribution in [-0.2, 0) is 18.4 Å². The molecule has 4 aromatic rings. The number of aryl methyl sites for hydroxylation is 1. The molecule has 0 fully saturated rings. The normalized spacial score (nSPS) is 11.4. The van der Waals surface area contributed by atoms with Crippen LogP contribution in [0.1, 0.15) is 48.9 Å². The molecule has 0 aliphatic rings. The van der Waals surface area contributed by atoms with E-state index in [0.29, 0.717) is 36.8 Å². The Morgan fingerprint density at radius 1 is 0.947 bits per heavy atom. The molecule has 1 aromatic heterocycles. The SMILES string of the molecule is COc1ccc(C(=O)NCCCc2nc3ccccc3n2CCOc2ccc(C(C)(C)C)cc2)cc1OC. The minimum Gasteiger partial charge on any atom is -0.493 e. The maximum Gasteiger partial charge on any atom is 0.251 e. The van der Waals surface area contributed by atoms with Gasteiger partial charge in [0.05, 0.1) is 31.8 Å². The van der Waals surface area contributed by atoms with Crippen molar-refractivity contribution in [1.29, 1.82) is 0 Å². The van der Waals surface area contributed by atoms with E-state index in [9.17, 15) is 4.79 Å². The first-order chi connectivity index (χ1) is 18.3. The lowest BCUT2D eigenvalue weighted by atomic mass is 9.87. The van der Waals surface area contributed by atoms with E-state index in [1.807, 2.05) is 30.3 Å². The molecule has 0 saturated heterocycles. The van der Waals surface area contributed by atoms with Crippen LogP contribution >= 0.6 is 0 Å². The van der Waals surface area contributed by atoms with E-state index >= 15 is 0 Å². The van der Waals surface area contributed by atoms with Gasteiger partial charge < -0.3 is 24.1 Å². The van der Waals surface area contributed by atoms with Crippen molar-refractivity contribution in [2.75, 3.05) is 27.4 Å². The zero-order valence-corrected chi connectivity index (χ0v) is 22.9. The third kappa shape index (κ3) is 6.46. The summed E-state index contributed by atoms with van der Waals surface area (Å²) in [5, 5.41) is 2.99. The van der Waals surface area contributed by atoms with Crippen LogP contribution in [0.3, 0.4) is 0 Å². The van der Waals surface area contributed by atoms with Crippen molar-refractivity contribution in [3.8, 4) is 17.2 Å². The van der Waals surface area contributed by atoms with E-state index < -0.39 is 0 Å². The smallest absolute Gasteiger partial charge is 0.251 e. The maximum absolute atomic E-state index is 12.6. The van der Waals surface area contributed by atoms with Crippen molar-refractivity contribution < 1.29 is 19.0 Å². The zero-order chi connectivity index (χ0) is 27.1. The van der Waals surface area contributed by atoms with Crippen molar-refractivity contribution in [1.82, 2.24) is 14.9 Å². The fourth-order valence-corrected chi connectivity index (χ4v) is 4.40. The summed E-state index contributed by atoms with van der Waals surface area (Å²) in [5.41, 5.74) is 3.98. The summed E-state index contributed by atoms with van der Waals surface area (Å²) in [6.07, 6.45) is 1.50. The first-order valence-corrected chi connectivity index (χ1v) is 13.0.